The van der Waals surface area contributed by atoms with E-state index in [9.17, 15) is 0 Å². The number of hydrogen-bond acceptors (Lipinski definition) is 3. The van der Waals surface area contributed by atoms with Gasteiger partial charge in [-0.15, -0.1) is 0 Å². The van der Waals surface area contributed by atoms with Crippen LogP contribution in [-0.2, 0) is 0 Å². The standard InChI is InChI=1S/C12H16N4/c1-9-3-2-4-10(9)15-12-11-5-6-14-16(11)8-7-13-12/h5-10H,2-4H2,1H3,(H,13,15). The molecule has 2 atom stereocenters. The van der Waals surface area contributed by atoms with Crippen molar-refractivity contribution in [2.24, 2.45) is 5.92 Å². The summed E-state index contributed by atoms with van der Waals surface area (Å²) in [5, 5.41) is 7.76. The Hall–Kier alpha value is -1.58. The molecule has 84 valence electrons. The SMILES string of the molecule is CC1CCCC1Nc1nccn2nccc12. The first-order valence-corrected chi connectivity index (χ1v) is 5.89. The molecular weight excluding hydrogens is 200 g/mol. The number of rotatable bonds is 2. The van der Waals surface area contributed by atoms with Crippen molar-refractivity contribution in [3.8, 4) is 0 Å². The van der Waals surface area contributed by atoms with Crippen molar-refractivity contribution in [1.82, 2.24) is 14.6 Å². The summed E-state index contributed by atoms with van der Waals surface area (Å²) in [6.45, 7) is 2.31. The highest BCUT2D eigenvalue weighted by atomic mass is 15.2. The first kappa shape index (κ1) is 9.63. The average Bonchev–Trinajstić information content (AvgIpc) is 2.89. The minimum Gasteiger partial charge on any atom is -0.365 e. The number of hydrogen-bond donors (Lipinski definition) is 1. The summed E-state index contributed by atoms with van der Waals surface area (Å²) in [6.07, 6.45) is 9.36. The quantitative estimate of drug-likeness (QED) is 0.837. The molecule has 1 N–H and O–H groups in total. The van der Waals surface area contributed by atoms with Crippen LogP contribution < -0.4 is 5.32 Å². The summed E-state index contributed by atoms with van der Waals surface area (Å²) in [5.41, 5.74) is 1.06. The van der Waals surface area contributed by atoms with Gasteiger partial charge in [0.25, 0.3) is 0 Å². The summed E-state index contributed by atoms with van der Waals surface area (Å²) in [7, 11) is 0. The van der Waals surface area contributed by atoms with Gasteiger partial charge in [-0.3, -0.25) is 0 Å². The zero-order valence-electron chi connectivity index (χ0n) is 9.43. The van der Waals surface area contributed by atoms with Crippen LogP contribution in [0.5, 0.6) is 0 Å². The molecule has 0 saturated heterocycles. The van der Waals surface area contributed by atoms with Gasteiger partial charge in [0.2, 0.25) is 0 Å². The van der Waals surface area contributed by atoms with Crippen molar-refractivity contribution in [2.45, 2.75) is 32.2 Å². The second-order valence-electron chi connectivity index (χ2n) is 4.60. The van der Waals surface area contributed by atoms with Crippen molar-refractivity contribution in [3.05, 3.63) is 24.7 Å². The largest absolute Gasteiger partial charge is 0.365 e. The van der Waals surface area contributed by atoms with Crippen LogP contribution in [0.15, 0.2) is 24.7 Å². The Kier molecular flexibility index (Phi) is 2.27. The maximum Gasteiger partial charge on any atom is 0.152 e. The van der Waals surface area contributed by atoms with Crippen molar-refractivity contribution in [1.29, 1.82) is 0 Å². The van der Waals surface area contributed by atoms with E-state index in [1.807, 2.05) is 16.8 Å². The fraction of sp³-hybridized carbons (Fsp3) is 0.500. The Bertz CT molecular complexity index is 490. The number of anilines is 1. The van der Waals surface area contributed by atoms with Gasteiger partial charge in [0, 0.05) is 18.4 Å². The Labute approximate surface area is 94.7 Å². The molecule has 3 rings (SSSR count). The molecule has 1 aliphatic rings. The second kappa shape index (κ2) is 3.77. The molecule has 0 aliphatic heterocycles. The molecule has 4 nitrogen and oxygen atoms in total. The third-order valence-electron chi connectivity index (χ3n) is 3.51. The van der Waals surface area contributed by atoms with E-state index in [0.29, 0.717) is 6.04 Å². The van der Waals surface area contributed by atoms with Gasteiger partial charge < -0.3 is 5.32 Å². The minimum atomic E-state index is 0.564. The first-order valence-electron chi connectivity index (χ1n) is 5.89. The Balaban J connectivity index is 1.91. The highest BCUT2D eigenvalue weighted by molar-refractivity contribution is 5.67. The summed E-state index contributed by atoms with van der Waals surface area (Å²) in [4.78, 5) is 4.41. The molecule has 16 heavy (non-hydrogen) atoms. The molecule has 1 saturated carbocycles. The third kappa shape index (κ3) is 1.54. The van der Waals surface area contributed by atoms with Crippen molar-refractivity contribution < 1.29 is 0 Å². The topological polar surface area (TPSA) is 42.2 Å². The smallest absolute Gasteiger partial charge is 0.152 e. The van der Waals surface area contributed by atoms with E-state index in [1.54, 1.807) is 12.4 Å². The molecule has 2 unspecified atom stereocenters. The van der Waals surface area contributed by atoms with Crippen LogP contribution in [0.2, 0.25) is 0 Å². The predicted octanol–water partition coefficient (Wildman–Crippen LogP) is 2.33. The zero-order valence-corrected chi connectivity index (χ0v) is 9.43. The maximum absolute atomic E-state index is 4.41. The molecule has 0 bridgehead atoms. The fourth-order valence-corrected chi connectivity index (χ4v) is 2.50. The number of nitrogens with zero attached hydrogens (tertiary/aromatic N) is 3. The second-order valence-corrected chi connectivity index (χ2v) is 4.60. The average molecular weight is 216 g/mol. The monoisotopic (exact) mass is 216 g/mol. The summed E-state index contributed by atoms with van der Waals surface area (Å²) >= 11 is 0. The van der Waals surface area contributed by atoms with Gasteiger partial charge in [0.15, 0.2) is 5.82 Å². The van der Waals surface area contributed by atoms with Crippen molar-refractivity contribution in [2.75, 3.05) is 5.32 Å². The Morgan fingerprint density at radius 1 is 1.38 bits per heavy atom. The molecule has 0 amide bonds. The summed E-state index contributed by atoms with van der Waals surface area (Å²) < 4.78 is 1.86. The lowest BCUT2D eigenvalue weighted by molar-refractivity contribution is 0.555. The lowest BCUT2D eigenvalue weighted by atomic mass is 10.1. The van der Waals surface area contributed by atoms with Crippen LogP contribution in [0.25, 0.3) is 5.52 Å². The number of aromatic nitrogens is 3. The molecule has 2 heterocycles. The summed E-state index contributed by atoms with van der Waals surface area (Å²) in [6, 6.07) is 2.56. The zero-order chi connectivity index (χ0) is 11.0. The molecule has 1 aliphatic carbocycles. The van der Waals surface area contributed by atoms with Gasteiger partial charge in [-0.25, -0.2) is 9.50 Å². The van der Waals surface area contributed by atoms with E-state index in [1.165, 1.54) is 19.3 Å². The van der Waals surface area contributed by atoms with Gasteiger partial charge in [-0.1, -0.05) is 13.3 Å². The normalized spacial score (nSPS) is 25.1. The molecule has 1 fully saturated rings. The van der Waals surface area contributed by atoms with Crippen LogP contribution in [-0.4, -0.2) is 20.6 Å². The van der Waals surface area contributed by atoms with Gasteiger partial charge in [-0.2, -0.15) is 5.10 Å². The van der Waals surface area contributed by atoms with Gasteiger partial charge in [0.05, 0.1) is 6.20 Å². The van der Waals surface area contributed by atoms with Gasteiger partial charge in [0.1, 0.15) is 5.52 Å². The molecule has 2 aromatic rings. The molecule has 2 aromatic heterocycles. The van der Waals surface area contributed by atoms with E-state index in [4.69, 9.17) is 0 Å². The van der Waals surface area contributed by atoms with E-state index >= 15 is 0 Å². The maximum atomic E-state index is 4.41. The molecular formula is C12H16N4. The lowest BCUT2D eigenvalue weighted by Gasteiger charge is -2.18. The van der Waals surface area contributed by atoms with Crippen molar-refractivity contribution >= 4 is 11.3 Å². The lowest BCUT2D eigenvalue weighted by Crippen LogP contribution is -2.22. The molecule has 0 aromatic carbocycles. The Morgan fingerprint density at radius 3 is 3.12 bits per heavy atom. The van der Waals surface area contributed by atoms with E-state index in [-0.39, 0.29) is 0 Å². The predicted molar refractivity (Wildman–Crippen MR) is 63.4 cm³/mol. The van der Waals surface area contributed by atoms with E-state index < -0.39 is 0 Å². The van der Waals surface area contributed by atoms with E-state index in [0.717, 1.165) is 17.3 Å². The minimum absolute atomic E-state index is 0.564. The fourth-order valence-electron chi connectivity index (χ4n) is 2.50. The van der Waals surface area contributed by atoms with Crippen LogP contribution in [0.4, 0.5) is 5.82 Å². The molecule has 4 heteroatoms. The van der Waals surface area contributed by atoms with Crippen LogP contribution >= 0.6 is 0 Å². The van der Waals surface area contributed by atoms with Crippen LogP contribution in [0, 0.1) is 5.92 Å². The number of fused-ring (bicyclic) bond motifs is 1. The summed E-state index contributed by atoms with van der Waals surface area (Å²) in [5.74, 6) is 1.70. The molecule has 0 spiro atoms. The Morgan fingerprint density at radius 2 is 2.31 bits per heavy atom. The highest BCUT2D eigenvalue weighted by Gasteiger charge is 2.23. The third-order valence-corrected chi connectivity index (χ3v) is 3.51. The van der Waals surface area contributed by atoms with Crippen LogP contribution in [0.3, 0.4) is 0 Å². The van der Waals surface area contributed by atoms with Gasteiger partial charge in [-0.05, 0) is 24.8 Å². The number of nitrogens with one attached hydrogen (secondary N) is 1. The van der Waals surface area contributed by atoms with Crippen molar-refractivity contribution in [3.63, 3.8) is 0 Å². The first-order chi connectivity index (χ1) is 7.84. The van der Waals surface area contributed by atoms with E-state index in [2.05, 4.69) is 22.3 Å². The van der Waals surface area contributed by atoms with Crippen LogP contribution in [0.1, 0.15) is 26.2 Å². The molecule has 0 radical (unpaired) electrons. The highest BCUT2D eigenvalue weighted by Crippen LogP contribution is 2.28. The van der Waals surface area contributed by atoms with Gasteiger partial charge >= 0.3 is 0 Å².